The first-order valence-electron chi connectivity index (χ1n) is 8.15. The maximum atomic E-state index is 8.96. The van der Waals surface area contributed by atoms with Crippen LogP contribution in [-0.2, 0) is 5.41 Å². The van der Waals surface area contributed by atoms with E-state index >= 15 is 0 Å². The fraction of sp³-hybridized carbons (Fsp3) is 0.526. The van der Waals surface area contributed by atoms with Gasteiger partial charge < -0.3 is 14.4 Å². The second kappa shape index (κ2) is 6.25. The molecule has 0 amide bonds. The molecule has 2 aliphatic rings. The van der Waals surface area contributed by atoms with Crippen molar-refractivity contribution in [2.45, 2.75) is 37.1 Å². The molecule has 1 aliphatic heterocycles. The van der Waals surface area contributed by atoms with E-state index in [0.717, 1.165) is 43.7 Å². The van der Waals surface area contributed by atoms with Gasteiger partial charge in [0.2, 0.25) is 0 Å². The Labute approximate surface area is 138 Å². The Balaban J connectivity index is 2.00. The van der Waals surface area contributed by atoms with E-state index in [-0.39, 0.29) is 5.41 Å². The molecule has 4 nitrogen and oxygen atoms in total. The predicted octanol–water partition coefficient (Wildman–Crippen LogP) is 3.28. The average Bonchev–Trinajstić information content (AvgIpc) is 2.92. The lowest BCUT2D eigenvalue weighted by Crippen LogP contribution is -2.44. The Morgan fingerprint density at radius 1 is 1.26 bits per heavy atom. The molecule has 23 heavy (non-hydrogen) atoms. The molecule has 2 atom stereocenters. The van der Waals surface area contributed by atoms with Crippen LogP contribution in [0.15, 0.2) is 29.8 Å². The summed E-state index contributed by atoms with van der Waals surface area (Å²) >= 11 is 0. The van der Waals surface area contributed by atoms with Crippen LogP contribution in [-0.4, -0.2) is 38.8 Å². The van der Waals surface area contributed by atoms with E-state index in [4.69, 9.17) is 14.7 Å². The minimum Gasteiger partial charge on any atom is -0.493 e. The molecule has 0 bridgehead atoms. The highest BCUT2D eigenvalue weighted by atomic mass is 16.5. The molecule has 1 aliphatic carbocycles. The fourth-order valence-corrected chi connectivity index (χ4v) is 4.35. The summed E-state index contributed by atoms with van der Waals surface area (Å²) in [5.74, 6) is 1.57. The van der Waals surface area contributed by atoms with Gasteiger partial charge in [-0.1, -0.05) is 11.6 Å². The van der Waals surface area contributed by atoms with Crippen LogP contribution < -0.4 is 9.47 Å². The number of allylic oxidation sites excluding steroid dienone is 1. The molecule has 3 rings (SSSR count). The highest BCUT2D eigenvalue weighted by molar-refractivity contribution is 5.47. The standard InChI is InChI=1S/C19H24N2O2/c1-21-11-9-19(8-6-14(7-10-20)12-18(19)21)15-4-5-16(22-2)17(13-15)23-3/h4-5,7,13,18H,6,8-9,11-12H2,1-3H3/b14-7+/t18-,19-/m0/s1. The lowest BCUT2D eigenvalue weighted by Gasteiger charge is -2.42. The summed E-state index contributed by atoms with van der Waals surface area (Å²) in [6.07, 6.45) is 5.98. The number of likely N-dealkylation sites (tertiary alicyclic amines) is 1. The lowest BCUT2D eigenvalue weighted by molar-refractivity contribution is 0.208. The second-order valence-corrected chi connectivity index (χ2v) is 6.61. The smallest absolute Gasteiger partial charge is 0.161 e. The van der Waals surface area contributed by atoms with Gasteiger partial charge in [-0.2, -0.15) is 5.26 Å². The second-order valence-electron chi connectivity index (χ2n) is 6.61. The average molecular weight is 312 g/mol. The van der Waals surface area contributed by atoms with Crippen molar-refractivity contribution in [1.82, 2.24) is 4.90 Å². The number of methoxy groups -OCH3 is 2. The Morgan fingerprint density at radius 2 is 2.04 bits per heavy atom. The molecule has 1 heterocycles. The topological polar surface area (TPSA) is 45.5 Å². The number of hydrogen-bond acceptors (Lipinski definition) is 4. The van der Waals surface area contributed by atoms with Gasteiger partial charge in [0.1, 0.15) is 0 Å². The van der Waals surface area contributed by atoms with Crippen LogP contribution in [0.2, 0.25) is 0 Å². The van der Waals surface area contributed by atoms with E-state index in [0.29, 0.717) is 6.04 Å². The van der Waals surface area contributed by atoms with Gasteiger partial charge in [-0.05, 0) is 57.0 Å². The van der Waals surface area contributed by atoms with Gasteiger partial charge in [-0.25, -0.2) is 0 Å². The van der Waals surface area contributed by atoms with Crippen LogP contribution in [0.5, 0.6) is 11.5 Å². The monoisotopic (exact) mass is 312 g/mol. The molecule has 122 valence electrons. The van der Waals surface area contributed by atoms with E-state index in [1.807, 2.05) is 6.07 Å². The molecule has 4 heteroatoms. The van der Waals surface area contributed by atoms with E-state index in [9.17, 15) is 0 Å². The molecule has 2 fully saturated rings. The maximum Gasteiger partial charge on any atom is 0.161 e. The molecule has 1 aromatic rings. The van der Waals surface area contributed by atoms with Gasteiger partial charge in [0.15, 0.2) is 11.5 Å². The molecule has 0 spiro atoms. The summed E-state index contributed by atoms with van der Waals surface area (Å²) in [5, 5.41) is 8.96. The van der Waals surface area contributed by atoms with Gasteiger partial charge in [0, 0.05) is 17.5 Å². The van der Waals surface area contributed by atoms with Crippen LogP contribution in [0.1, 0.15) is 31.2 Å². The number of nitriles is 1. The number of hydrogen-bond donors (Lipinski definition) is 0. The molecular weight excluding hydrogens is 288 g/mol. The van der Waals surface area contributed by atoms with Crippen molar-refractivity contribution in [2.24, 2.45) is 0 Å². The first-order valence-corrected chi connectivity index (χ1v) is 8.15. The number of nitrogens with zero attached hydrogens (tertiary/aromatic N) is 2. The summed E-state index contributed by atoms with van der Waals surface area (Å²) in [5.41, 5.74) is 2.77. The normalized spacial score (nSPS) is 29.1. The van der Waals surface area contributed by atoms with Gasteiger partial charge in [-0.15, -0.1) is 0 Å². The SMILES string of the molecule is COc1ccc([C@@]23CC/C(=C\C#N)C[C@@H]2N(C)CC3)cc1OC. The minimum absolute atomic E-state index is 0.154. The van der Waals surface area contributed by atoms with E-state index < -0.39 is 0 Å². The van der Waals surface area contributed by atoms with Crippen LogP contribution in [0.4, 0.5) is 0 Å². The number of fused-ring (bicyclic) bond motifs is 1. The van der Waals surface area contributed by atoms with Gasteiger partial charge in [0.05, 0.1) is 20.3 Å². The molecule has 1 saturated carbocycles. The van der Waals surface area contributed by atoms with Gasteiger partial charge in [-0.3, -0.25) is 0 Å². The Kier molecular flexibility index (Phi) is 4.32. The van der Waals surface area contributed by atoms with Crippen LogP contribution in [0, 0.1) is 11.3 Å². The number of rotatable bonds is 3. The van der Waals surface area contributed by atoms with Crippen molar-refractivity contribution in [3.8, 4) is 17.6 Å². The van der Waals surface area contributed by atoms with Crippen LogP contribution in [0.3, 0.4) is 0 Å². The Morgan fingerprint density at radius 3 is 2.74 bits per heavy atom. The van der Waals surface area contributed by atoms with Crippen molar-refractivity contribution >= 4 is 0 Å². The van der Waals surface area contributed by atoms with Crippen molar-refractivity contribution in [3.05, 3.63) is 35.4 Å². The largest absolute Gasteiger partial charge is 0.493 e. The number of ether oxygens (including phenoxy) is 2. The molecule has 0 N–H and O–H groups in total. The Hall–Kier alpha value is -1.99. The van der Waals surface area contributed by atoms with E-state index in [1.165, 1.54) is 11.1 Å². The predicted molar refractivity (Wildman–Crippen MR) is 89.8 cm³/mol. The molecule has 1 saturated heterocycles. The third-order valence-electron chi connectivity index (χ3n) is 5.66. The highest BCUT2D eigenvalue weighted by Gasteiger charge is 2.49. The lowest BCUT2D eigenvalue weighted by atomic mass is 9.65. The van der Waals surface area contributed by atoms with Crippen LogP contribution in [0.25, 0.3) is 0 Å². The summed E-state index contributed by atoms with van der Waals surface area (Å²) in [4.78, 5) is 2.45. The van der Waals surface area contributed by atoms with E-state index in [2.05, 4.69) is 30.1 Å². The van der Waals surface area contributed by atoms with Gasteiger partial charge >= 0.3 is 0 Å². The quantitative estimate of drug-likeness (QED) is 0.804. The molecule has 0 unspecified atom stereocenters. The summed E-state index contributed by atoms with van der Waals surface area (Å²) in [6, 6.07) is 9.00. The third-order valence-corrected chi connectivity index (χ3v) is 5.66. The zero-order valence-corrected chi connectivity index (χ0v) is 14.1. The van der Waals surface area contributed by atoms with Crippen molar-refractivity contribution in [3.63, 3.8) is 0 Å². The van der Waals surface area contributed by atoms with Gasteiger partial charge in [0.25, 0.3) is 0 Å². The zero-order valence-electron chi connectivity index (χ0n) is 14.1. The summed E-state index contributed by atoms with van der Waals surface area (Å²) in [7, 11) is 5.55. The van der Waals surface area contributed by atoms with E-state index in [1.54, 1.807) is 20.3 Å². The molecular formula is C19H24N2O2. The summed E-state index contributed by atoms with van der Waals surface area (Å²) in [6.45, 7) is 1.10. The molecule has 1 aromatic carbocycles. The molecule has 0 aromatic heterocycles. The number of benzene rings is 1. The van der Waals surface area contributed by atoms with Crippen molar-refractivity contribution < 1.29 is 9.47 Å². The van der Waals surface area contributed by atoms with Crippen LogP contribution >= 0.6 is 0 Å². The maximum absolute atomic E-state index is 8.96. The zero-order chi connectivity index (χ0) is 16.4. The molecule has 0 radical (unpaired) electrons. The summed E-state index contributed by atoms with van der Waals surface area (Å²) < 4.78 is 10.9. The minimum atomic E-state index is 0.154. The fourth-order valence-electron chi connectivity index (χ4n) is 4.35. The Bertz CT molecular complexity index is 662. The first kappa shape index (κ1) is 15.9. The number of likely N-dealkylation sites (N-methyl/N-ethyl adjacent to an activating group) is 1. The third kappa shape index (κ3) is 2.60. The first-order chi connectivity index (χ1) is 11.1. The van der Waals surface area contributed by atoms with Crippen molar-refractivity contribution in [2.75, 3.05) is 27.8 Å². The van der Waals surface area contributed by atoms with Crippen molar-refractivity contribution in [1.29, 1.82) is 5.26 Å². The highest BCUT2D eigenvalue weighted by Crippen LogP contribution is 2.50.